The molecule has 0 bridgehead atoms. The van der Waals surface area contributed by atoms with Crippen molar-refractivity contribution in [3.8, 4) is 5.75 Å². The van der Waals surface area contributed by atoms with E-state index in [1.165, 1.54) is 19.2 Å². The number of carbonyl (C=O) groups excluding carboxylic acids is 1. The van der Waals surface area contributed by atoms with Gasteiger partial charge in [0, 0.05) is 11.1 Å². The maximum Gasteiger partial charge on any atom is 0.276 e. The molecule has 0 aliphatic rings. The minimum absolute atomic E-state index is 0.0264. The molecule has 0 aliphatic heterocycles. The first-order chi connectivity index (χ1) is 16.3. The Morgan fingerprint density at radius 3 is 2.44 bits per heavy atom. The average Bonchev–Trinajstić information content (AvgIpc) is 2.85. The lowest BCUT2D eigenvalue weighted by atomic mass is 10.1. The normalized spacial score (nSPS) is 11.9. The third-order valence-corrected chi connectivity index (χ3v) is 6.60. The number of nitrogens with zero attached hydrogens (tertiary/aromatic N) is 1. The van der Waals surface area contributed by atoms with Gasteiger partial charge in [0.25, 0.3) is 15.9 Å². The van der Waals surface area contributed by atoms with Crippen LogP contribution in [-0.4, -0.2) is 21.4 Å². The van der Waals surface area contributed by atoms with Crippen LogP contribution in [0.2, 0.25) is 0 Å². The van der Waals surface area contributed by atoms with Gasteiger partial charge in [-0.25, -0.2) is 0 Å². The van der Waals surface area contributed by atoms with Gasteiger partial charge in [-0.3, -0.25) is 4.79 Å². The fraction of sp³-hybridized carbons (Fsp3) is 0.120. The summed E-state index contributed by atoms with van der Waals surface area (Å²) < 4.78 is 36.6. The van der Waals surface area contributed by atoms with Gasteiger partial charge in [0.15, 0.2) is 11.3 Å². The maximum absolute atomic E-state index is 13.3. The van der Waals surface area contributed by atoms with Crippen molar-refractivity contribution in [3.05, 3.63) is 95.0 Å². The fourth-order valence-electron chi connectivity index (χ4n) is 3.36. The van der Waals surface area contributed by atoms with Crippen LogP contribution in [0.4, 0.5) is 5.69 Å². The van der Waals surface area contributed by atoms with Gasteiger partial charge in [-0.05, 0) is 55.3 Å². The van der Waals surface area contributed by atoms with Gasteiger partial charge in [-0.2, -0.15) is 13.2 Å². The van der Waals surface area contributed by atoms with Crippen molar-refractivity contribution in [3.63, 3.8) is 0 Å². The highest BCUT2D eigenvalue weighted by Crippen LogP contribution is 2.25. The first-order valence-corrected chi connectivity index (χ1v) is 11.9. The molecule has 8 nitrogen and oxygen atoms in total. The number of methoxy groups -OCH3 is 1. The molecule has 3 aromatic carbocycles. The average molecular weight is 478 g/mol. The number of fused-ring (bicyclic) bond motifs is 1. The largest absolute Gasteiger partial charge is 0.493 e. The molecule has 0 aliphatic carbocycles. The van der Waals surface area contributed by atoms with Gasteiger partial charge < -0.3 is 14.5 Å². The molecule has 4 rings (SSSR count). The minimum atomic E-state index is -3.98. The van der Waals surface area contributed by atoms with Crippen molar-refractivity contribution in [1.82, 2.24) is 4.83 Å². The van der Waals surface area contributed by atoms with Crippen LogP contribution in [0.3, 0.4) is 0 Å². The van der Waals surface area contributed by atoms with Crippen molar-refractivity contribution in [2.75, 3.05) is 12.4 Å². The summed E-state index contributed by atoms with van der Waals surface area (Å²) in [5.74, 6) is -0.0822. The van der Waals surface area contributed by atoms with E-state index in [0.29, 0.717) is 22.4 Å². The number of nitrogens with one attached hydrogen (secondary N) is 2. The third-order valence-electron chi connectivity index (χ3n) is 5.38. The third kappa shape index (κ3) is 4.65. The number of ether oxygens (including phenoxy) is 1. The summed E-state index contributed by atoms with van der Waals surface area (Å²) in [5.41, 5.74) is 2.74. The van der Waals surface area contributed by atoms with Crippen molar-refractivity contribution in [2.45, 2.75) is 18.7 Å². The van der Waals surface area contributed by atoms with E-state index in [1.54, 1.807) is 48.5 Å². The molecule has 0 fully saturated rings. The summed E-state index contributed by atoms with van der Waals surface area (Å²) in [7, 11) is -2.49. The molecule has 0 atom stereocenters. The SMILES string of the molecule is COc1cccc2cc(C(=O)Nc3cccc(C)c3C)c(=NNS(=O)(=O)c3ccccc3)oc12. The van der Waals surface area contributed by atoms with E-state index in [-0.39, 0.29) is 16.0 Å². The van der Waals surface area contributed by atoms with E-state index in [2.05, 4.69) is 15.2 Å². The molecule has 1 amide bonds. The van der Waals surface area contributed by atoms with E-state index in [1.807, 2.05) is 26.0 Å². The summed E-state index contributed by atoms with van der Waals surface area (Å²) >= 11 is 0. The van der Waals surface area contributed by atoms with Gasteiger partial charge in [-0.15, -0.1) is 5.10 Å². The first-order valence-electron chi connectivity index (χ1n) is 10.4. The monoisotopic (exact) mass is 477 g/mol. The summed E-state index contributed by atoms with van der Waals surface area (Å²) in [6, 6.07) is 20.1. The van der Waals surface area contributed by atoms with Crippen molar-refractivity contribution >= 4 is 32.6 Å². The highest BCUT2D eigenvalue weighted by atomic mass is 32.2. The highest BCUT2D eigenvalue weighted by molar-refractivity contribution is 7.89. The lowest BCUT2D eigenvalue weighted by molar-refractivity contribution is 0.102. The van der Waals surface area contributed by atoms with Crippen LogP contribution in [0, 0.1) is 13.8 Å². The number of hydrogen-bond donors (Lipinski definition) is 2. The second kappa shape index (κ2) is 9.40. The highest BCUT2D eigenvalue weighted by Gasteiger charge is 2.18. The van der Waals surface area contributed by atoms with Gasteiger partial charge in [0.05, 0.1) is 12.0 Å². The van der Waals surface area contributed by atoms with E-state index in [4.69, 9.17) is 9.15 Å². The molecule has 0 saturated carbocycles. The zero-order valence-corrected chi connectivity index (χ0v) is 19.6. The predicted octanol–water partition coefficient (Wildman–Crippen LogP) is 4.10. The lowest BCUT2D eigenvalue weighted by Crippen LogP contribution is -2.27. The van der Waals surface area contributed by atoms with Crippen molar-refractivity contribution in [1.29, 1.82) is 0 Å². The maximum atomic E-state index is 13.3. The Labute approximate surface area is 196 Å². The molecule has 9 heteroatoms. The lowest BCUT2D eigenvalue weighted by Gasteiger charge is -2.11. The molecule has 4 aromatic rings. The molecule has 0 radical (unpaired) electrons. The smallest absolute Gasteiger partial charge is 0.276 e. The number of para-hydroxylation sites is 1. The van der Waals surface area contributed by atoms with Gasteiger partial charge in [0.1, 0.15) is 5.56 Å². The van der Waals surface area contributed by atoms with Crippen LogP contribution in [0.15, 0.2) is 87.2 Å². The first kappa shape index (κ1) is 23.1. The summed E-state index contributed by atoms with van der Waals surface area (Å²) in [6.45, 7) is 3.85. The second-order valence-corrected chi connectivity index (χ2v) is 9.23. The summed E-state index contributed by atoms with van der Waals surface area (Å²) in [5, 5.41) is 7.42. The number of anilines is 1. The fourth-order valence-corrected chi connectivity index (χ4v) is 4.19. The quantitative estimate of drug-likeness (QED) is 0.406. The molecule has 0 unspecified atom stereocenters. The van der Waals surface area contributed by atoms with Crippen LogP contribution >= 0.6 is 0 Å². The standard InChI is InChI=1S/C25H23N3O5S/c1-16-9-7-13-21(17(16)2)26-24(29)20-15-18-10-8-14-22(32-3)23(18)33-25(20)27-28-34(30,31)19-11-5-4-6-12-19/h4-15,28H,1-3H3,(H,26,29). The van der Waals surface area contributed by atoms with Crippen LogP contribution < -0.4 is 20.4 Å². The number of amides is 1. The Hall–Kier alpha value is -4.11. The number of carbonyl (C=O) groups is 1. The van der Waals surface area contributed by atoms with Crippen LogP contribution in [-0.2, 0) is 10.0 Å². The topological polar surface area (TPSA) is 110 Å². The van der Waals surface area contributed by atoms with Gasteiger partial charge >= 0.3 is 0 Å². The molecule has 1 heterocycles. The van der Waals surface area contributed by atoms with Crippen LogP contribution in [0.1, 0.15) is 21.5 Å². The number of sulfonamides is 1. The van der Waals surface area contributed by atoms with E-state index >= 15 is 0 Å². The van der Waals surface area contributed by atoms with Crippen molar-refractivity contribution < 1.29 is 22.4 Å². The van der Waals surface area contributed by atoms with Gasteiger partial charge in [0.2, 0.25) is 5.55 Å². The minimum Gasteiger partial charge on any atom is -0.493 e. The number of benzene rings is 3. The van der Waals surface area contributed by atoms with Crippen LogP contribution in [0.5, 0.6) is 5.75 Å². The molecule has 174 valence electrons. The Morgan fingerprint density at radius 1 is 0.971 bits per heavy atom. The van der Waals surface area contributed by atoms with Crippen molar-refractivity contribution in [2.24, 2.45) is 5.10 Å². The molecule has 34 heavy (non-hydrogen) atoms. The number of aryl methyl sites for hydroxylation is 1. The van der Waals surface area contributed by atoms with E-state index < -0.39 is 15.9 Å². The van der Waals surface area contributed by atoms with Crippen LogP contribution in [0.25, 0.3) is 11.0 Å². The molecule has 0 saturated heterocycles. The Bertz CT molecular complexity index is 1540. The molecule has 2 N–H and O–H groups in total. The predicted molar refractivity (Wildman–Crippen MR) is 129 cm³/mol. The Morgan fingerprint density at radius 2 is 1.71 bits per heavy atom. The molecule has 0 spiro atoms. The van der Waals surface area contributed by atoms with E-state index in [9.17, 15) is 13.2 Å². The number of rotatable bonds is 6. The Balaban J connectivity index is 1.83. The zero-order chi connectivity index (χ0) is 24.3. The number of hydrogen-bond acceptors (Lipinski definition) is 6. The molecular weight excluding hydrogens is 454 g/mol. The summed E-state index contributed by atoms with van der Waals surface area (Å²) in [6.07, 6.45) is 0. The summed E-state index contributed by atoms with van der Waals surface area (Å²) in [4.78, 5) is 15.4. The zero-order valence-electron chi connectivity index (χ0n) is 18.8. The van der Waals surface area contributed by atoms with Gasteiger partial charge in [-0.1, -0.05) is 42.5 Å². The molecule has 1 aromatic heterocycles. The second-order valence-electron chi connectivity index (χ2n) is 7.57. The van der Waals surface area contributed by atoms with E-state index in [0.717, 1.165) is 11.1 Å². The Kier molecular flexibility index (Phi) is 6.38. The molecular formula is C25H23N3O5S.